The molecule has 1 aromatic heterocycles. The maximum atomic E-state index is 10.9. The molecule has 3 aromatic rings. The summed E-state index contributed by atoms with van der Waals surface area (Å²) >= 11 is 1.40. The molecule has 4 rings (SSSR count). The van der Waals surface area contributed by atoms with E-state index in [-0.39, 0.29) is 23.8 Å². The van der Waals surface area contributed by atoms with Gasteiger partial charge in [-0.05, 0) is 12.1 Å². The molecule has 2 heterocycles. The Kier molecular flexibility index (Phi) is 4.13. The third-order valence-corrected chi connectivity index (χ3v) is 5.07. The van der Waals surface area contributed by atoms with Crippen LogP contribution in [0.2, 0.25) is 0 Å². The van der Waals surface area contributed by atoms with Crippen LogP contribution in [0.4, 0.5) is 5.69 Å². The number of nitrogens with one attached hydrogen (secondary N) is 1. The van der Waals surface area contributed by atoms with Crippen molar-refractivity contribution >= 4 is 44.9 Å². The Bertz CT molecular complexity index is 1100. The van der Waals surface area contributed by atoms with Crippen molar-refractivity contribution in [1.29, 1.82) is 5.41 Å². The molecule has 0 radical (unpaired) electrons. The molecule has 8 nitrogen and oxygen atoms in total. The van der Waals surface area contributed by atoms with Crippen LogP contribution in [-0.2, 0) is 0 Å². The molecule has 0 aliphatic carbocycles. The molecule has 27 heavy (non-hydrogen) atoms. The number of benzene rings is 2. The lowest BCUT2D eigenvalue weighted by Crippen LogP contribution is -2.20. The van der Waals surface area contributed by atoms with Gasteiger partial charge >= 0.3 is 0 Å². The van der Waals surface area contributed by atoms with E-state index in [2.05, 4.69) is 10.1 Å². The van der Waals surface area contributed by atoms with E-state index in [1.54, 1.807) is 12.1 Å². The number of hydrazone groups is 1. The monoisotopic (exact) mass is 379 g/mol. The number of aromatic nitrogens is 1. The lowest BCUT2D eigenvalue weighted by atomic mass is 10.2. The van der Waals surface area contributed by atoms with Crippen LogP contribution in [0.15, 0.2) is 59.4 Å². The van der Waals surface area contributed by atoms with Gasteiger partial charge in [-0.3, -0.25) is 15.5 Å². The summed E-state index contributed by atoms with van der Waals surface area (Å²) in [5.41, 5.74) is 1.66. The summed E-state index contributed by atoms with van der Waals surface area (Å²) in [5.74, 6) is 0.0588. The summed E-state index contributed by atoms with van der Waals surface area (Å²) in [6, 6.07) is 13.6. The molecule has 0 bridgehead atoms. The normalized spacial score (nSPS) is 14.7. The molecule has 2 N–H and O–H groups in total. The van der Waals surface area contributed by atoms with Crippen molar-refractivity contribution in [3.8, 4) is 0 Å². The molecule has 9 heteroatoms. The molecule has 0 saturated carbocycles. The molecule has 0 atom stereocenters. The molecule has 134 valence electrons. The van der Waals surface area contributed by atoms with Gasteiger partial charge in [-0.2, -0.15) is 5.10 Å². The number of aliphatic hydroxyl groups excluding tert-OH is 1. The number of nitrogens with zero attached hydrogens (tertiary/aromatic N) is 4. The van der Waals surface area contributed by atoms with Crippen LogP contribution in [0.1, 0.15) is 10.6 Å². The molecule has 2 aromatic carbocycles. The molecular weight excluding hydrogens is 366 g/mol. The number of nitro groups is 1. The number of nitro benzene ring substituents is 1. The lowest BCUT2D eigenvalue weighted by molar-refractivity contribution is -0.384. The van der Waals surface area contributed by atoms with Gasteiger partial charge in [-0.1, -0.05) is 24.3 Å². The first-order valence-corrected chi connectivity index (χ1v) is 8.77. The van der Waals surface area contributed by atoms with Gasteiger partial charge in [-0.15, -0.1) is 11.3 Å². The number of thiazole rings is 1. The second kappa shape index (κ2) is 6.61. The van der Waals surface area contributed by atoms with Crippen LogP contribution in [0, 0.1) is 15.5 Å². The van der Waals surface area contributed by atoms with Crippen LogP contribution in [0.25, 0.3) is 15.8 Å². The topological polar surface area (TPSA) is 116 Å². The maximum Gasteiger partial charge on any atom is 0.270 e. The zero-order chi connectivity index (χ0) is 19.0. The second-order valence-corrected chi connectivity index (χ2v) is 6.84. The van der Waals surface area contributed by atoms with Crippen LogP contribution in [0.3, 0.4) is 0 Å². The summed E-state index contributed by atoms with van der Waals surface area (Å²) in [6.45, 7) is 0.0511. The Morgan fingerprint density at radius 1 is 1.30 bits per heavy atom. The van der Waals surface area contributed by atoms with E-state index >= 15 is 0 Å². The minimum Gasteiger partial charge on any atom is -0.509 e. The van der Waals surface area contributed by atoms with Crippen molar-refractivity contribution in [1.82, 2.24) is 9.99 Å². The van der Waals surface area contributed by atoms with Gasteiger partial charge in [0.1, 0.15) is 17.3 Å². The summed E-state index contributed by atoms with van der Waals surface area (Å²) in [5, 5.41) is 35.6. The number of hydrogen-bond donors (Lipinski definition) is 2. The molecule has 0 saturated heterocycles. The zero-order valence-corrected chi connectivity index (χ0v) is 14.7. The second-order valence-electron chi connectivity index (χ2n) is 5.81. The van der Waals surface area contributed by atoms with Gasteiger partial charge in [0, 0.05) is 17.7 Å². The van der Waals surface area contributed by atoms with Crippen LogP contribution in [-0.4, -0.2) is 38.6 Å². The van der Waals surface area contributed by atoms with Crippen molar-refractivity contribution in [2.75, 3.05) is 6.54 Å². The fourth-order valence-corrected chi connectivity index (χ4v) is 3.76. The number of aliphatic hydroxyl groups is 1. The van der Waals surface area contributed by atoms with Crippen molar-refractivity contribution in [2.24, 2.45) is 5.10 Å². The van der Waals surface area contributed by atoms with Crippen LogP contribution >= 0.6 is 11.3 Å². The van der Waals surface area contributed by atoms with E-state index in [1.807, 2.05) is 24.3 Å². The Morgan fingerprint density at radius 3 is 2.89 bits per heavy atom. The van der Waals surface area contributed by atoms with E-state index in [9.17, 15) is 15.2 Å². The summed E-state index contributed by atoms with van der Waals surface area (Å²) in [4.78, 5) is 14.9. The third-order valence-electron chi connectivity index (χ3n) is 4.02. The predicted molar refractivity (Wildman–Crippen MR) is 104 cm³/mol. The van der Waals surface area contributed by atoms with E-state index < -0.39 is 4.92 Å². The lowest BCUT2D eigenvalue weighted by Gasteiger charge is -2.10. The summed E-state index contributed by atoms with van der Waals surface area (Å²) < 4.78 is 0.971. The molecular formula is C18H13N5O3S. The molecule has 0 spiro atoms. The first kappa shape index (κ1) is 16.9. The molecule has 0 unspecified atom stereocenters. The number of hydrogen-bond acceptors (Lipinski definition) is 7. The average molecular weight is 379 g/mol. The van der Waals surface area contributed by atoms with Crippen molar-refractivity contribution in [3.63, 3.8) is 0 Å². The van der Waals surface area contributed by atoms with E-state index in [0.717, 1.165) is 10.2 Å². The van der Waals surface area contributed by atoms with Crippen molar-refractivity contribution < 1.29 is 10.0 Å². The van der Waals surface area contributed by atoms with Gasteiger partial charge in [-0.25, -0.2) is 9.99 Å². The highest BCUT2D eigenvalue weighted by atomic mass is 32.1. The van der Waals surface area contributed by atoms with Gasteiger partial charge in [0.15, 0.2) is 5.84 Å². The van der Waals surface area contributed by atoms with E-state index in [0.29, 0.717) is 16.1 Å². The summed E-state index contributed by atoms with van der Waals surface area (Å²) in [7, 11) is 0. The minimum absolute atomic E-state index is 0.0234. The number of amidine groups is 1. The number of para-hydroxylation sites is 1. The molecule has 0 fully saturated rings. The Labute approximate surface area is 157 Å². The zero-order valence-electron chi connectivity index (χ0n) is 13.9. The predicted octanol–water partition coefficient (Wildman–Crippen LogP) is 3.80. The largest absolute Gasteiger partial charge is 0.509 e. The first-order valence-electron chi connectivity index (χ1n) is 7.96. The highest BCUT2D eigenvalue weighted by Gasteiger charge is 2.30. The van der Waals surface area contributed by atoms with Gasteiger partial charge < -0.3 is 5.11 Å². The Balaban J connectivity index is 1.58. The highest BCUT2D eigenvalue weighted by molar-refractivity contribution is 7.19. The van der Waals surface area contributed by atoms with Gasteiger partial charge in [0.05, 0.1) is 26.9 Å². The highest BCUT2D eigenvalue weighted by Crippen LogP contribution is 2.33. The quantitative estimate of drug-likeness (QED) is 0.406. The van der Waals surface area contributed by atoms with Crippen LogP contribution in [0.5, 0.6) is 0 Å². The van der Waals surface area contributed by atoms with Gasteiger partial charge in [0.25, 0.3) is 5.69 Å². The van der Waals surface area contributed by atoms with Gasteiger partial charge in [0.2, 0.25) is 0 Å². The molecule has 1 aliphatic heterocycles. The third kappa shape index (κ3) is 3.15. The van der Waals surface area contributed by atoms with Crippen molar-refractivity contribution in [2.45, 2.75) is 0 Å². The average Bonchev–Trinajstić information content (AvgIpc) is 3.20. The maximum absolute atomic E-state index is 10.9. The smallest absolute Gasteiger partial charge is 0.270 e. The van der Waals surface area contributed by atoms with Crippen LogP contribution < -0.4 is 0 Å². The molecule has 1 aliphatic rings. The SMILES string of the molecule is N=C1C(c2nc3ccccc3s2)=C(O)CN1/N=C\c1cccc([N+](=O)[O-])c1. The van der Waals surface area contributed by atoms with E-state index in [4.69, 9.17) is 5.41 Å². The fraction of sp³-hybridized carbons (Fsp3) is 0.0556. The fourth-order valence-electron chi connectivity index (χ4n) is 2.72. The first-order chi connectivity index (χ1) is 13.0. The molecule has 0 amide bonds. The Morgan fingerprint density at radius 2 is 2.11 bits per heavy atom. The van der Waals surface area contributed by atoms with E-state index in [1.165, 1.54) is 34.7 Å². The Hall–Kier alpha value is -3.59. The number of fused-ring (bicyclic) bond motifs is 1. The summed E-state index contributed by atoms with van der Waals surface area (Å²) in [6.07, 6.45) is 1.43. The number of rotatable bonds is 4. The number of non-ortho nitro benzene ring substituents is 1. The van der Waals surface area contributed by atoms with Crippen molar-refractivity contribution in [3.05, 3.63) is 75.0 Å². The minimum atomic E-state index is -0.478. The standard InChI is InChI=1S/C18H13N5O3S/c19-17-16(18-21-13-6-1-2-7-15(13)27-18)14(24)10-22(17)20-9-11-4-3-5-12(8-11)23(25)26/h1-9,19,24H,10H2/b19-17?,20-9-.